The maximum absolute atomic E-state index is 10.4. The van der Waals surface area contributed by atoms with Crippen molar-refractivity contribution < 1.29 is 14.6 Å². The number of likely N-dealkylation sites (N-methyl/N-ethyl adjacent to an activating group) is 1. The molecule has 0 unspecified atom stereocenters. The number of nitrogens with zero attached hydrogens (tertiary/aromatic N) is 1. The molecule has 0 atom stereocenters. The molecule has 0 amide bonds. The summed E-state index contributed by atoms with van der Waals surface area (Å²) >= 11 is 0. The van der Waals surface area contributed by atoms with Crippen molar-refractivity contribution in [2.75, 3.05) is 33.9 Å². The average Bonchev–Trinajstić information content (AvgIpc) is 2.09. The third kappa shape index (κ3) is 7.76. The summed E-state index contributed by atoms with van der Waals surface area (Å²) in [5.74, 6) is -0.918. The summed E-state index contributed by atoms with van der Waals surface area (Å²) in [4.78, 5) is 12.4. The molecule has 0 aromatic carbocycles. The molecule has 0 radical (unpaired) electrons. The van der Waals surface area contributed by atoms with E-state index in [-0.39, 0.29) is 5.57 Å². The van der Waals surface area contributed by atoms with Gasteiger partial charge in [0, 0.05) is 18.7 Å². The van der Waals surface area contributed by atoms with Gasteiger partial charge in [0.15, 0.2) is 0 Å². The lowest BCUT2D eigenvalue weighted by Crippen LogP contribution is -2.18. The van der Waals surface area contributed by atoms with Crippen LogP contribution in [0.25, 0.3) is 0 Å². The fourth-order valence-electron chi connectivity index (χ4n) is 0.844. The molecule has 0 aliphatic carbocycles. The van der Waals surface area contributed by atoms with Gasteiger partial charge in [0.25, 0.3) is 0 Å². The molecule has 1 N–H and O–H groups in total. The van der Waals surface area contributed by atoms with Gasteiger partial charge >= 0.3 is 5.97 Å². The van der Waals surface area contributed by atoms with E-state index in [0.29, 0.717) is 19.6 Å². The Morgan fingerprint density at radius 1 is 1.43 bits per heavy atom. The molecule has 0 aromatic rings. The van der Waals surface area contributed by atoms with E-state index >= 15 is 0 Å². The Morgan fingerprint density at radius 3 is 2.57 bits per heavy atom. The molecule has 4 nitrogen and oxygen atoms in total. The molecular formula is C10H19NO3. The van der Waals surface area contributed by atoms with Crippen LogP contribution in [0.5, 0.6) is 0 Å². The van der Waals surface area contributed by atoms with Crippen molar-refractivity contribution in [2.45, 2.75) is 12.8 Å². The SMILES string of the molecule is C=C(CCCOCCN(C)C)C(=O)O. The van der Waals surface area contributed by atoms with Gasteiger partial charge in [-0.15, -0.1) is 0 Å². The fraction of sp³-hybridized carbons (Fsp3) is 0.700. The zero-order valence-electron chi connectivity index (χ0n) is 8.95. The summed E-state index contributed by atoms with van der Waals surface area (Å²) < 4.78 is 5.30. The molecule has 0 bridgehead atoms. The van der Waals surface area contributed by atoms with Gasteiger partial charge in [-0.25, -0.2) is 4.79 Å². The molecule has 82 valence electrons. The summed E-state index contributed by atoms with van der Waals surface area (Å²) in [6.07, 6.45) is 1.22. The molecule has 0 aromatic heterocycles. The zero-order chi connectivity index (χ0) is 11.0. The Morgan fingerprint density at radius 2 is 2.07 bits per heavy atom. The second-order valence-electron chi connectivity index (χ2n) is 3.43. The molecule has 0 saturated heterocycles. The highest BCUT2D eigenvalue weighted by molar-refractivity contribution is 5.85. The summed E-state index contributed by atoms with van der Waals surface area (Å²) in [7, 11) is 3.96. The molecule has 4 heteroatoms. The van der Waals surface area contributed by atoms with Crippen molar-refractivity contribution in [1.82, 2.24) is 4.90 Å². The predicted octanol–water partition coefficient (Wildman–Crippen LogP) is 0.986. The first-order valence-electron chi connectivity index (χ1n) is 4.67. The van der Waals surface area contributed by atoms with Crippen LogP contribution < -0.4 is 0 Å². The maximum Gasteiger partial charge on any atom is 0.330 e. The van der Waals surface area contributed by atoms with E-state index in [1.54, 1.807) is 0 Å². The predicted molar refractivity (Wildman–Crippen MR) is 55.4 cm³/mol. The standard InChI is InChI=1S/C10H19NO3/c1-9(10(12)13)5-4-7-14-8-6-11(2)3/h1,4-8H2,2-3H3,(H,12,13). The van der Waals surface area contributed by atoms with E-state index in [0.717, 1.165) is 13.0 Å². The summed E-state index contributed by atoms with van der Waals surface area (Å²) in [6, 6.07) is 0. The normalized spacial score (nSPS) is 10.5. The van der Waals surface area contributed by atoms with E-state index < -0.39 is 5.97 Å². The Kier molecular flexibility index (Phi) is 7.06. The van der Waals surface area contributed by atoms with Gasteiger partial charge in [-0.05, 0) is 26.9 Å². The van der Waals surface area contributed by atoms with Gasteiger partial charge in [0.1, 0.15) is 0 Å². The Balaban J connectivity index is 3.22. The highest BCUT2D eigenvalue weighted by Crippen LogP contribution is 2.01. The molecule has 0 rings (SSSR count). The smallest absolute Gasteiger partial charge is 0.330 e. The molecule has 0 fully saturated rings. The number of carbonyl (C=O) groups is 1. The lowest BCUT2D eigenvalue weighted by molar-refractivity contribution is -0.132. The third-order valence-corrected chi connectivity index (χ3v) is 1.75. The summed E-state index contributed by atoms with van der Waals surface area (Å²) in [5, 5.41) is 8.51. The quantitative estimate of drug-likeness (QED) is 0.470. The number of ether oxygens (including phenoxy) is 1. The highest BCUT2D eigenvalue weighted by atomic mass is 16.5. The van der Waals surface area contributed by atoms with Gasteiger partial charge in [-0.3, -0.25) is 0 Å². The van der Waals surface area contributed by atoms with Crippen molar-refractivity contribution in [1.29, 1.82) is 0 Å². The van der Waals surface area contributed by atoms with Crippen molar-refractivity contribution in [3.8, 4) is 0 Å². The lowest BCUT2D eigenvalue weighted by Gasteiger charge is -2.09. The second-order valence-corrected chi connectivity index (χ2v) is 3.43. The van der Waals surface area contributed by atoms with Gasteiger partial charge in [0.2, 0.25) is 0 Å². The number of rotatable bonds is 8. The first kappa shape index (κ1) is 13.1. The Bertz CT molecular complexity index is 190. The number of hydrogen-bond donors (Lipinski definition) is 1. The molecule has 0 saturated carbocycles. The Hall–Kier alpha value is -0.870. The van der Waals surface area contributed by atoms with E-state index in [1.807, 2.05) is 19.0 Å². The topological polar surface area (TPSA) is 49.8 Å². The van der Waals surface area contributed by atoms with Gasteiger partial charge < -0.3 is 14.7 Å². The van der Waals surface area contributed by atoms with Crippen LogP contribution in [0.4, 0.5) is 0 Å². The number of carboxylic acids is 1. The number of hydrogen-bond acceptors (Lipinski definition) is 3. The first-order chi connectivity index (χ1) is 6.54. The number of carboxylic acid groups (broad SMARTS) is 1. The van der Waals surface area contributed by atoms with Crippen LogP contribution >= 0.6 is 0 Å². The minimum atomic E-state index is -0.918. The van der Waals surface area contributed by atoms with Gasteiger partial charge in [0.05, 0.1) is 6.61 Å². The summed E-state index contributed by atoms with van der Waals surface area (Å²) in [6.45, 7) is 5.61. The Labute approximate surface area is 85.2 Å². The van der Waals surface area contributed by atoms with E-state index in [9.17, 15) is 4.79 Å². The van der Waals surface area contributed by atoms with Crippen molar-refractivity contribution in [2.24, 2.45) is 0 Å². The van der Waals surface area contributed by atoms with Crippen LogP contribution in [0.1, 0.15) is 12.8 Å². The average molecular weight is 201 g/mol. The maximum atomic E-state index is 10.4. The zero-order valence-corrected chi connectivity index (χ0v) is 8.95. The van der Waals surface area contributed by atoms with Crippen LogP contribution in [-0.2, 0) is 9.53 Å². The third-order valence-electron chi connectivity index (χ3n) is 1.75. The lowest BCUT2D eigenvalue weighted by atomic mass is 10.2. The van der Waals surface area contributed by atoms with Crippen molar-refractivity contribution in [3.63, 3.8) is 0 Å². The largest absolute Gasteiger partial charge is 0.478 e. The monoisotopic (exact) mass is 201 g/mol. The summed E-state index contributed by atoms with van der Waals surface area (Å²) in [5.41, 5.74) is 0.251. The second kappa shape index (κ2) is 7.53. The van der Waals surface area contributed by atoms with E-state index in [1.165, 1.54) is 0 Å². The molecule has 0 aliphatic heterocycles. The van der Waals surface area contributed by atoms with Gasteiger partial charge in [-0.1, -0.05) is 6.58 Å². The molecular weight excluding hydrogens is 182 g/mol. The first-order valence-corrected chi connectivity index (χ1v) is 4.67. The van der Waals surface area contributed by atoms with E-state index in [2.05, 4.69) is 6.58 Å². The molecule has 0 heterocycles. The fourth-order valence-corrected chi connectivity index (χ4v) is 0.844. The molecule has 0 aliphatic rings. The van der Waals surface area contributed by atoms with Gasteiger partial charge in [-0.2, -0.15) is 0 Å². The number of aliphatic carboxylic acids is 1. The van der Waals surface area contributed by atoms with Crippen LogP contribution in [-0.4, -0.2) is 49.8 Å². The molecule has 0 spiro atoms. The van der Waals surface area contributed by atoms with Crippen LogP contribution in [0.3, 0.4) is 0 Å². The highest BCUT2D eigenvalue weighted by Gasteiger charge is 2.02. The van der Waals surface area contributed by atoms with E-state index in [4.69, 9.17) is 9.84 Å². The van der Waals surface area contributed by atoms with Crippen molar-refractivity contribution in [3.05, 3.63) is 12.2 Å². The van der Waals surface area contributed by atoms with Crippen LogP contribution in [0.15, 0.2) is 12.2 Å². The van der Waals surface area contributed by atoms with Crippen LogP contribution in [0.2, 0.25) is 0 Å². The van der Waals surface area contributed by atoms with Crippen molar-refractivity contribution >= 4 is 5.97 Å². The minimum absolute atomic E-state index is 0.251. The van der Waals surface area contributed by atoms with Crippen LogP contribution in [0, 0.1) is 0 Å². The molecule has 14 heavy (non-hydrogen) atoms. The minimum Gasteiger partial charge on any atom is -0.478 e.